The van der Waals surface area contributed by atoms with Gasteiger partial charge in [0.2, 0.25) is 0 Å². The molecule has 1 aromatic rings. The number of anilines is 1. The highest BCUT2D eigenvalue weighted by Crippen LogP contribution is 2.25. The zero-order valence-corrected chi connectivity index (χ0v) is 15.7. The molecule has 2 fully saturated rings. The van der Waals surface area contributed by atoms with E-state index in [0.29, 0.717) is 24.8 Å². The molecule has 2 N–H and O–H groups in total. The second kappa shape index (κ2) is 9.32. The average molecular weight is 382 g/mol. The van der Waals surface area contributed by atoms with Crippen LogP contribution in [-0.4, -0.2) is 70.0 Å². The van der Waals surface area contributed by atoms with Crippen LogP contribution < -0.4 is 15.5 Å². The number of rotatable bonds is 7. The van der Waals surface area contributed by atoms with Gasteiger partial charge in [-0.2, -0.15) is 0 Å². The molecule has 8 heteroatoms. The van der Waals surface area contributed by atoms with Gasteiger partial charge in [0, 0.05) is 64.2 Å². The molecule has 2 saturated heterocycles. The number of methoxy groups -OCH3 is 1. The van der Waals surface area contributed by atoms with Crippen molar-refractivity contribution in [1.82, 2.24) is 15.5 Å². The Labute approximate surface area is 158 Å². The van der Waals surface area contributed by atoms with E-state index in [0.717, 1.165) is 51.6 Å². The van der Waals surface area contributed by atoms with Crippen molar-refractivity contribution in [3.8, 4) is 0 Å². The summed E-state index contributed by atoms with van der Waals surface area (Å²) in [5.41, 5.74) is 0.683. The zero-order valence-electron chi connectivity index (χ0n) is 15.7. The van der Waals surface area contributed by atoms with Gasteiger partial charge in [-0.05, 0) is 30.9 Å². The van der Waals surface area contributed by atoms with Gasteiger partial charge in [0.1, 0.15) is 0 Å². The number of carbonyl (C=O) groups is 1. The number of halogens is 2. The van der Waals surface area contributed by atoms with Gasteiger partial charge < -0.3 is 20.3 Å². The second-order valence-electron chi connectivity index (χ2n) is 7.33. The SMILES string of the molecule is COCCN1CCC(NC(=O)NCC2CCN(c3ccc(F)c(F)c3)C2)C1. The number of urea groups is 1. The molecule has 6 nitrogen and oxygen atoms in total. The molecule has 0 radical (unpaired) electrons. The highest BCUT2D eigenvalue weighted by molar-refractivity contribution is 5.74. The minimum atomic E-state index is -0.833. The van der Waals surface area contributed by atoms with Crippen LogP contribution in [0.3, 0.4) is 0 Å². The van der Waals surface area contributed by atoms with Crippen LogP contribution in [0.5, 0.6) is 0 Å². The molecule has 3 rings (SSSR count). The number of nitrogens with zero attached hydrogens (tertiary/aromatic N) is 2. The Bertz CT molecular complexity index is 646. The maximum atomic E-state index is 13.4. The third-order valence-electron chi connectivity index (χ3n) is 5.32. The van der Waals surface area contributed by atoms with Gasteiger partial charge in [-0.25, -0.2) is 13.6 Å². The fourth-order valence-corrected chi connectivity index (χ4v) is 3.76. The summed E-state index contributed by atoms with van der Waals surface area (Å²) in [6.07, 6.45) is 1.86. The number of nitrogens with one attached hydrogen (secondary N) is 2. The molecule has 0 bridgehead atoms. The Morgan fingerprint density at radius 1 is 1.22 bits per heavy atom. The Kier molecular flexibility index (Phi) is 6.84. The Morgan fingerprint density at radius 3 is 2.85 bits per heavy atom. The topological polar surface area (TPSA) is 56.8 Å². The lowest BCUT2D eigenvalue weighted by molar-refractivity contribution is 0.159. The van der Waals surface area contributed by atoms with E-state index in [4.69, 9.17) is 4.74 Å². The van der Waals surface area contributed by atoms with Crippen LogP contribution in [0.2, 0.25) is 0 Å². The first-order valence-electron chi connectivity index (χ1n) is 9.51. The number of hydrogen-bond donors (Lipinski definition) is 2. The number of benzene rings is 1. The van der Waals surface area contributed by atoms with Crippen molar-refractivity contribution in [3.05, 3.63) is 29.8 Å². The summed E-state index contributed by atoms with van der Waals surface area (Å²) >= 11 is 0. The molecule has 1 aromatic carbocycles. The summed E-state index contributed by atoms with van der Waals surface area (Å²) in [7, 11) is 1.69. The van der Waals surface area contributed by atoms with E-state index < -0.39 is 11.6 Å². The molecule has 0 aliphatic carbocycles. The van der Waals surface area contributed by atoms with E-state index in [2.05, 4.69) is 15.5 Å². The van der Waals surface area contributed by atoms with Crippen LogP contribution in [0, 0.1) is 17.6 Å². The molecule has 0 saturated carbocycles. The van der Waals surface area contributed by atoms with Crippen LogP contribution in [0.4, 0.5) is 19.3 Å². The van der Waals surface area contributed by atoms with Gasteiger partial charge in [0.25, 0.3) is 0 Å². The highest BCUT2D eigenvalue weighted by Gasteiger charge is 2.26. The van der Waals surface area contributed by atoms with Gasteiger partial charge in [0.15, 0.2) is 11.6 Å². The third-order valence-corrected chi connectivity index (χ3v) is 5.32. The van der Waals surface area contributed by atoms with Crippen molar-refractivity contribution in [2.45, 2.75) is 18.9 Å². The predicted octanol–water partition coefficient (Wildman–Crippen LogP) is 1.81. The molecule has 2 atom stereocenters. The third kappa shape index (κ3) is 5.52. The molecular weight excluding hydrogens is 354 g/mol. The van der Waals surface area contributed by atoms with E-state index in [1.165, 1.54) is 6.07 Å². The summed E-state index contributed by atoms with van der Waals surface area (Å²) in [4.78, 5) is 16.4. The molecule has 150 valence electrons. The minimum absolute atomic E-state index is 0.139. The molecule has 2 unspecified atom stereocenters. The normalized spacial score (nSPS) is 23.0. The van der Waals surface area contributed by atoms with E-state index in [1.807, 2.05) is 4.90 Å². The number of ether oxygens (including phenoxy) is 1. The monoisotopic (exact) mass is 382 g/mol. The van der Waals surface area contributed by atoms with Gasteiger partial charge in [0.05, 0.1) is 6.61 Å². The first-order valence-corrected chi connectivity index (χ1v) is 9.51. The van der Waals surface area contributed by atoms with Crippen molar-refractivity contribution in [3.63, 3.8) is 0 Å². The van der Waals surface area contributed by atoms with Crippen molar-refractivity contribution in [2.24, 2.45) is 5.92 Å². The molecule has 2 aliphatic rings. The lowest BCUT2D eigenvalue weighted by Crippen LogP contribution is -2.45. The summed E-state index contributed by atoms with van der Waals surface area (Å²) in [5.74, 6) is -1.37. The largest absolute Gasteiger partial charge is 0.383 e. The van der Waals surface area contributed by atoms with E-state index >= 15 is 0 Å². The summed E-state index contributed by atoms with van der Waals surface area (Å²) in [5, 5.41) is 5.98. The van der Waals surface area contributed by atoms with Crippen LogP contribution in [0.1, 0.15) is 12.8 Å². The van der Waals surface area contributed by atoms with Crippen LogP contribution in [-0.2, 0) is 4.74 Å². The van der Waals surface area contributed by atoms with Crippen molar-refractivity contribution >= 4 is 11.7 Å². The van der Waals surface area contributed by atoms with Crippen molar-refractivity contribution in [1.29, 1.82) is 0 Å². The van der Waals surface area contributed by atoms with Gasteiger partial charge in [-0.1, -0.05) is 0 Å². The summed E-state index contributed by atoms with van der Waals surface area (Å²) in [6, 6.07) is 4.01. The number of amides is 2. The highest BCUT2D eigenvalue weighted by atomic mass is 19.2. The molecular formula is C19H28F2N4O2. The molecule has 27 heavy (non-hydrogen) atoms. The first kappa shape index (κ1) is 19.8. The molecule has 0 aromatic heterocycles. The lowest BCUT2D eigenvalue weighted by atomic mass is 10.1. The summed E-state index contributed by atoms with van der Waals surface area (Å²) < 4.78 is 31.5. The van der Waals surface area contributed by atoms with Gasteiger partial charge >= 0.3 is 6.03 Å². The quantitative estimate of drug-likeness (QED) is 0.755. The molecule has 2 heterocycles. The average Bonchev–Trinajstić information content (AvgIpc) is 3.30. The second-order valence-corrected chi connectivity index (χ2v) is 7.33. The summed E-state index contributed by atoms with van der Waals surface area (Å²) in [6.45, 7) is 5.49. The van der Waals surface area contributed by atoms with Gasteiger partial charge in [-0.15, -0.1) is 0 Å². The van der Waals surface area contributed by atoms with E-state index in [-0.39, 0.29) is 12.1 Å². The Balaban J connectivity index is 1.37. The van der Waals surface area contributed by atoms with E-state index in [1.54, 1.807) is 13.2 Å². The zero-order chi connectivity index (χ0) is 19.2. The van der Waals surface area contributed by atoms with Crippen LogP contribution in [0.25, 0.3) is 0 Å². The molecule has 0 spiro atoms. The Morgan fingerprint density at radius 2 is 2.07 bits per heavy atom. The van der Waals surface area contributed by atoms with Crippen LogP contribution >= 0.6 is 0 Å². The fourth-order valence-electron chi connectivity index (χ4n) is 3.76. The molecule has 2 aliphatic heterocycles. The minimum Gasteiger partial charge on any atom is -0.383 e. The van der Waals surface area contributed by atoms with Crippen molar-refractivity contribution in [2.75, 3.05) is 57.9 Å². The Hall–Kier alpha value is -1.93. The van der Waals surface area contributed by atoms with Crippen LogP contribution in [0.15, 0.2) is 18.2 Å². The standard InChI is InChI=1S/C19H28F2N4O2/c1-27-9-8-24-6-5-15(13-24)23-19(26)22-11-14-4-7-25(12-14)16-2-3-17(20)18(21)10-16/h2-3,10,14-15H,4-9,11-13H2,1H3,(H2,22,23,26). The number of likely N-dealkylation sites (tertiary alicyclic amines) is 1. The number of hydrogen-bond acceptors (Lipinski definition) is 4. The maximum Gasteiger partial charge on any atom is 0.315 e. The number of carbonyl (C=O) groups excluding carboxylic acids is 1. The predicted molar refractivity (Wildman–Crippen MR) is 99.9 cm³/mol. The molecule has 2 amide bonds. The maximum absolute atomic E-state index is 13.4. The van der Waals surface area contributed by atoms with Gasteiger partial charge in [-0.3, -0.25) is 4.90 Å². The first-order chi connectivity index (χ1) is 13.0. The lowest BCUT2D eigenvalue weighted by Gasteiger charge is -2.19. The van der Waals surface area contributed by atoms with Crippen molar-refractivity contribution < 1.29 is 18.3 Å². The smallest absolute Gasteiger partial charge is 0.315 e. The fraction of sp³-hybridized carbons (Fsp3) is 0.632. The van der Waals surface area contributed by atoms with E-state index in [9.17, 15) is 13.6 Å².